The van der Waals surface area contributed by atoms with Crippen LogP contribution in [0.15, 0.2) is 24.3 Å². The van der Waals surface area contributed by atoms with Crippen LogP contribution in [0.2, 0.25) is 0 Å². The second-order valence-electron chi connectivity index (χ2n) is 15.8. The Morgan fingerprint density at radius 2 is 0.855 bits per heavy atom. The van der Waals surface area contributed by atoms with E-state index in [4.69, 9.17) is 4.74 Å². The van der Waals surface area contributed by atoms with E-state index in [9.17, 15) is 14.4 Å². The number of rotatable bonds is 43. The largest absolute Gasteiger partial charge is 0.462 e. The molecule has 0 heterocycles. The number of ether oxygens (including phenoxy) is 1. The fourth-order valence-electron chi connectivity index (χ4n) is 6.85. The van der Waals surface area contributed by atoms with Crippen LogP contribution in [0.1, 0.15) is 232 Å². The molecule has 0 saturated heterocycles. The predicted octanol–water partition coefficient (Wildman–Crippen LogP) is 15.1. The van der Waals surface area contributed by atoms with Crippen LogP contribution < -0.4 is 5.32 Å². The summed E-state index contributed by atoms with van der Waals surface area (Å²) in [5, 5.41) is 3.74. The summed E-state index contributed by atoms with van der Waals surface area (Å²) in [5.74, 6) is 1.54. The van der Waals surface area contributed by atoms with Gasteiger partial charge in [-0.2, -0.15) is 0 Å². The van der Waals surface area contributed by atoms with Crippen LogP contribution in [0.3, 0.4) is 0 Å². The minimum Gasteiger partial charge on any atom is -0.462 e. The maximum Gasteiger partial charge on any atom is 0.306 e. The number of unbranched alkanes of at least 4 members (excludes halogenated alkanes) is 24. The lowest BCUT2D eigenvalue weighted by Crippen LogP contribution is -2.19. The van der Waals surface area contributed by atoms with Gasteiger partial charge in [-0.3, -0.25) is 14.4 Å². The first kappa shape index (κ1) is 53.9. The number of hydrogen-bond donors (Lipinski definition) is 1. The van der Waals surface area contributed by atoms with E-state index in [1.54, 1.807) is 0 Å². The van der Waals surface area contributed by atoms with Gasteiger partial charge in [-0.05, 0) is 84.2 Å². The summed E-state index contributed by atoms with van der Waals surface area (Å²) < 4.78 is 5.93. The van der Waals surface area contributed by atoms with Crippen molar-refractivity contribution in [2.24, 2.45) is 0 Å². The minimum atomic E-state index is -0.0710. The molecule has 0 fully saturated rings. The number of carbonyl (C=O) groups excluding carboxylic acids is 3. The summed E-state index contributed by atoms with van der Waals surface area (Å²) in [6, 6.07) is 0. The van der Waals surface area contributed by atoms with Crippen LogP contribution in [0.25, 0.3) is 0 Å². The summed E-state index contributed by atoms with van der Waals surface area (Å²) in [4.78, 5) is 37.1. The van der Waals surface area contributed by atoms with E-state index >= 15 is 0 Å². The van der Waals surface area contributed by atoms with Crippen molar-refractivity contribution in [3.05, 3.63) is 24.3 Å². The first-order chi connectivity index (χ1) is 27.0. The molecule has 5 nitrogen and oxygen atoms in total. The molecule has 0 saturated carbocycles. The average Bonchev–Trinajstić information content (AvgIpc) is 3.17. The summed E-state index contributed by atoms with van der Waals surface area (Å²) in [6.07, 6.45) is 48.0. The fourth-order valence-corrected chi connectivity index (χ4v) is 8.26. The van der Waals surface area contributed by atoms with Gasteiger partial charge < -0.3 is 10.1 Å². The lowest BCUT2D eigenvalue weighted by atomic mass is 10.0. The molecule has 0 aromatic heterocycles. The molecule has 0 radical (unpaired) electrons. The Balaban J connectivity index is 3.97. The van der Waals surface area contributed by atoms with Crippen molar-refractivity contribution in [1.82, 2.24) is 5.32 Å². The Hall–Kier alpha value is -1.05. The quantitative estimate of drug-likeness (QED) is 0.0374. The number of allylic oxidation sites excluding steroid dienone is 2. The molecule has 0 aliphatic carbocycles. The maximum absolute atomic E-state index is 12.5. The summed E-state index contributed by atoms with van der Waals surface area (Å²) in [7, 11) is 1.91. The standard InChI is InChI=1S/C48H89NO4S2/c1-4-6-8-10-12-14-16-18-20-28-34-43-54-47(51)40-32-26-22-24-30-37-45(53-46(50)39-36-42-49-3)38-31-25-23-27-33-41-48(52)55-44-35-29-21-19-17-15-13-11-9-7-5-2/h28-29,34-35,45,49H,4-27,30-33,36-44H2,1-3H3/b34-28-,35-29-. The summed E-state index contributed by atoms with van der Waals surface area (Å²) in [6.45, 7) is 5.36. The van der Waals surface area contributed by atoms with Crippen LogP contribution in [-0.4, -0.2) is 47.4 Å². The molecular weight excluding hydrogens is 719 g/mol. The van der Waals surface area contributed by atoms with E-state index in [2.05, 4.69) is 43.5 Å². The lowest BCUT2D eigenvalue weighted by Gasteiger charge is -2.18. The minimum absolute atomic E-state index is 0.00486. The Morgan fingerprint density at radius 1 is 0.473 bits per heavy atom. The molecule has 0 amide bonds. The van der Waals surface area contributed by atoms with E-state index in [-0.39, 0.29) is 12.1 Å². The van der Waals surface area contributed by atoms with Crippen LogP contribution in [-0.2, 0) is 19.1 Å². The molecule has 0 aromatic carbocycles. The van der Waals surface area contributed by atoms with Gasteiger partial charge in [0.25, 0.3) is 0 Å². The van der Waals surface area contributed by atoms with Gasteiger partial charge >= 0.3 is 5.97 Å². The van der Waals surface area contributed by atoms with Gasteiger partial charge in [-0.15, -0.1) is 0 Å². The number of nitrogens with one attached hydrogen (secondary N) is 1. The predicted molar refractivity (Wildman–Crippen MR) is 245 cm³/mol. The number of carbonyl (C=O) groups is 3. The Labute approximate surface area is 350 Å². The molecule has 0 aliphatic rings. The molecule has 0 spiro atoms. The zero-order chi connectivity index (χ0) is 40.1. The van der Waals surface area contributed by atoms with Gasteiger partial charge in [-0.1, -0.05) is 190 Å². The molecule has 0 unspecified atom stereocenters. The maximum atomic E-state index is 12.5. The van der Waals surface area contributed by atoms with Crippen LogP contribution in [0, 0.1) is 0 Å². The van der Waals surface area contributed by atoms with Gasteiger partial charge in [0.05, 0.1) is 0 Å². The van der Waals surface area contributed by atoms with Crippen molar-refractivity contribution in [2.75, 3.05) is 25.1 Å². The van der Waals surface area contributed by atoms with Crippen molar-refractivity contribution in [2.45, 2.75) is 238 Å². The molecule has 0 rings (SSSR count). The third-order valence-corrected chi connectivity index (χ3v) is 12.2. The van der Waals surface area contributed by atoms with Gasteiger partial charge in [0.2, 0.25) is 0 Å². The van der Waals surface area contributed by atoms with E-state index < -0.39 is 0 Å². The Bertz CT molecular complexity index is 848. The second kappa shape index (κ2) is 45.6. The summed E-state index contributed by atoms with van der Waals surface area (Å²) >= 11 is 2.93. The van der Waals surface area contributed by atoms with Crippen LogP contribution >= 0.6 is 23.5 Å². The van der Waals surface area contributed by atoms with Crippen molar-refractivity contribution < 1.29 is 19.1 Å². The molecule has 0 atom stereocenters. The van der Waals surface area contributed by atoms with E-state index in [1.807, 2.05) is 7.05 Å². The summed E-state index contributed by atoms with van der Waals surface area (Å²) in [5.41, 5.74) is 0. The van der Waals surface area contributed by atoms with Gasteiger partial charge in [0, 0.05) is 30.8 Å². The Kier molecular flexibility index (Phi) is 44.8. The second-order valence-corrected chi connectivity index (χ2v) is 17.9. The molecule has 0 aliphatic heterocycles. The third kappa shape index (κ3) is 43.9. The van der Waals surface area contributed by atoms with Gasteiger partial charge in [0.1, 0.15) is 6.10 Å². The van der Waals surface area contributed by atoms with Gasteiger partial charge in [0.15, 0.2) is 10.2 Å². The molecule has 7 heteroatoms. The highest BCUT2D eigenvalue weighted by atomic mass is 32.2. The number of hydrogen-bond acceptors (Lipinski definition) is 7. The molecule has 0 bridgehead atoms. The molecular formula is C48H89NO4S2. The van der Waals surface area contributed by atoms with E-state index in [0.717, 1.165) is 114 Å². The van der Waals surface area contributed by atoms with Crippen molar-refractivity contribution in [1.29, 1.82) is 0 Å². The highest BCUT2D eigenvalue weighted by molar-refractivity contribution is 8.14. The van der Waals surface area contributed by atoms with E-state index in [1.165, 1.54) is 126 Å². The average molecular weight is 808 g/mol. The smallest absolute Gasteiger partial charge is 0.306 e. The first-order valence-electron chi connectivity index (χ1n) is 23.5. The number of esters is 1. The molecule has 322 valence electrons. The van der Waals surface area contributed by atoms with Gasteiger partial charge in [-0.25, -0.2) is 0 Å². The fraction of sp³-hybridized carbons (Fsp3) is 0.854. The lowest BCUT2D eigenvalue weighted by molar-refractivity contribution is -0.150. The molecule has 55 heavy (non-hydrogen) atoms. The zero-order valence-electron chi connectivity index (χ0n) is 36.5. The van der Waals surface area contributed by atoms with Crippen molar-refractivity contribution >= 4 is 39.7 Å². The third-order valence-electron chi connectivity index (χ3n) is 10.4. The zero-order valence-corrected chi connectivity index (χ0v) is 38.1. The Morgan fingerprint density at radius 3 is 1.27 bits per heavy atom. The first-order valence-corrected chi connectivity index (χ1v) is 25.5. The van der Waals surface area contributed by atoms with Crippen molar-refractivity contribution in [3.63, 3.8) is 0 Å². The highest BCUT2D eigenvalue weighted by Crippen LogP contribution is 2.19. The van der Waals surface area contributed by atoms with Crippen molar-refractivity contribution in [3.8, 4) is 0 Å². The molecule has 0 aromatic rings. The van der Waals surface area contributed by atoms with E-state index in [0.29, 0.717) is 29.5 Å². The number of thioether (sulfide) groups is 2. The highest BCUT2D eigenvalue weighted by Gasteiger charge is 2.14. The normalized spacial score (nSPS) is 11.8. The SMILES string of the molecule is CCCCCCCCCC/C=C\CSC(=O)CCCCCCCC(CCCCCCCC(=O)SC/C=C\CCCCCCCCCC)OC(=O)CCCNC. The molecule has 1 N–H and O–H groups in total. The topological polar surface area (TPSA) is 72.5 Å². The monoisotopic (exact) mass is 808 g/mol. The van der Waals surface area contributed by atoms with Crippen LogP contribution in [0.4, 0.5) is 0 Å². The van der Waals surface area contributed by atoms with Crippen LogP contribution in [0.5, 0.6) is 0 Å².